The molecule has 0 aliphatic rings. The number of methoxy groups -OCH3 is 1. The van der Waals surface area contributed by atoms with Crippen molar-refractivity contribution in [1.29, 1.82) is 0 Å². The van der Waals surface area contributed by atoms with Crippen LogP contribution in [0.15, 0.2) is 54.9 Å². The molecule has 5 nitrogen and oxygen atoms in total. The molecule has 0 saturated carbocycles. The van der Waals surface area contributed by atoms with Gasteiger partial charge >= 0.3 is 0 Å². The van der Waals surface area contributed by atoms with Crippen molar-refractivity contribution in [2.75, 3.05) is 12.4 Å². The lowest BCUT2D eigenvalue weighted by Gasteiger charge is -2.11. The number of anilines is 2. The number of aryl methyl sites for hydroxylation is 1. The van der Waals surface area contributed by atoms with Crippen LogP contribution in [0.25, 0.3) is 16.7 Å². The van der Waals surface area contributed by atoms with E-state index >= 15 is 0 Å². The number of ether oxygens (including phenoxy) is 1. The van der Waals surface area contributed by atoms with Crippen LogP contribution in [0.1, 0.15) is 11.3 Å². The molecule has 0 radical (unpaired) electrons. The zero-order valence-electron chi connectivity index (χ0n) is 15.3. The zero-order valence-corrected chi connectivity index (χ0v) is 16.1. The van der Waals surface area contributed by atoms with E-state index < -0.39 is 0 Å². The molecule has 0 spiro atoms. The average molecular weight is 379 g/mol. The smallest absolute Gasteiger partial charge is 0.150 e. The summed E-state index contributed by atoms with van der Waals surface area (Å²) in [5, 5.41) is 5.06. The summed E-state index contributed by atoms with van der Waals surface area (Å²) in [5.41, 5.74) is 4.87. The summed E-state index contributed by atoms with van der Waals surface area (Å²) in [6, 6.07) is 15.5. The second kappa shape index (κ2) is 6.93. The molecule has 136 valence electrons. The fourth-order valence-corrected chi connectivity index (χ4v) is 3.48. The Labute approximate surface area is 162 Å². The van der Waals surface area contributed by atoms with Crippen molar-refractivity contribution in [1.82, 2.24) is 14.5 Å². The molecule has 0 unspecified atom stereocenters. The minimum atomic E-state index is 0.688. The van der Waals surface area contributed by atoms with Crippen LogP contribution in [0.4, 0.5) is 11.5 Å². The maximum atomic E-state index is 6.20. The van der Waals surface area contributed by atoms with E-state index in [4.69, 9.17) is 16.3 Å². The van der Waals surface area contributed by atoms with Crippen LogP contribution in [0.3, 0.4) is 0 Å². The highest BCUT2D eigenvalue weighted by Crippen LogP contribution is 2.34. The normalized spacial score (nSPS) is 11.0. The highest BCUT2D eigenvalue weighted by molar-refractivity contribution is 6.30. The molecular formula is C21H19ClN4O. The Morgan fingerprint density at radius 3 is 2.63 bits per heavy atom. The molecule has 27 heavy (non-hydrogen) atoms. The van der Waals surface area contributed by atoms with Gasteiger partial charge in [0, 0.05) is 16.4 Å². The number of hydrogen-bond donors (Lipinski definition) is 1. The van der Waals surface area contributed by atoms with Crippen LogP contribution in [-0.4, -0.2) is 21.6 Å². The maximum Gasteiger partial charge on any atom is 0.150 e. The molecule has 6 heteroatoms. The molecule has 0 fully saturated rings. The van der Waals surface area contributed by atoms with E-state index in [9.17, 15) is 0 Å². The number of hydrogen-bond acceptors (Lipinski definition) is 4. The summed E-state index contributed by atoms with van der Waals surface area (Å²) in [7, 11) is 1.65. The molecule has 0 saturated heterocycles. The van der Waals surface area contributed by atoms with Crippen LogP contribution in [0, 0.1) is 13.8 Å². The predicted molar refractivity (Wildman–Crippen MR) is 110 cm³/mol. The van der Waals surface area contributed by atoms with Gasteiger partial charge in [-0.05, 0) is 49.7 Å². The van der Waals surface area contributed by atoms with Gasteiger partial charge in [-0.15, -0.1) is 0 Å². The van der Waals surface area contributed by atoms with Gasteiger partial charge in [-0.25, -0.2) is 9.97 Å². The Morgan fingerprint density at radius 2 is 1.85 bits per heavy atom. The minimum Gasteiger partial charge on any atom is -0.495 e. The topological polar surface area (TPSA) is 52.0 Å². The van der Waals surface area contributed by atoms with E-state index in [-0.39, 0.29) is 0 Å². The van der Waals surface area contributed by atoms with E-state index in [1.165, 1.54) is 0 Å². The Balaban J connectivity index is 1.91. The van der Waals surface area contributed by atoms with Gasteiger partial charge in [0.2, 0.25) is 0 Å². The Hall–Kier alpha value is -3.05. The fourth-order valence-electron chi connectivity index (χ4n) is 3.30. The third kappa shape index (κ3) is 3.00. The second-order valence-corrected chi connectivity index (χ2v) is 6.71. The lowest BCUT2D eigenvalue weighted by molar-refractivity contribution is 0.417. The fraction of sp³-hybridized carbons (Fsp3) is 0.143. The van der Waals surface area contributed by atoms with Gasteiger partial charge in [0.05, 0.1) is 18.2 Å². The molecule has 0 aliphatic carbocycles. The highest BCUT2D eigenvalue weighted by Gasteiger charge is 2.18. The minimum absolute atomic E-state index is 0.688. The van der Waals surface area contributed by atoms with Crippen LogP contribution in [0.2, 0.25) is 5.02 Å². The van der Waals surface area contributed by atoms with Crippen LogP contribution in [-0.2, 0) is 0 Å². The van der Waals surface area contributed by atoms with E-state index in [0.717, 1.165) is 45.2 Å². The Morgan fingerprint density at radius 1 is 1.04 bits per heavy atom. The SMILES string of the molecule is COc1ccccc1Nc1ncnc2c1c(C)c(C)n2-c1cccc(Cl)c1. The van der Waals surface area contributed by atoms with E-state index in [1.54, 1.807) is 13.4 Å². The molecule has 0 atom stereocenters. The number of nitrogens with one attached hydrogen (secondary N) is 1. The molecule has 4 aromatic rings. The molecule has 0 aliphatic heterocycles. The molecule has 2 aromatic carbocycles. The summed E-state index contributed by atoms with van der Waals surface area (Å²) in [4.78, 5) is 9.04. The Kier molecular flexibility index (Phi) is 4.46. The number of fused-ring (bicyclic) bond motifs is 1. The zero-order chi connectivity index (χ0) is 19.0. The third-order valence-electron chi connectivity index (χ3n) is 4.72. The summed E-state index contributed by atoms with van der Waals surface area (Å²) in [6.07, 6.45) is 1.57. The first-order valence-corrected chi connectivity index (χ1v) is 8.96. The molecule has 4 rings (SSSR count). The van der Waals surface area contributed by atoms with E-state index in [1.807, 2.05) is 48.5 Å². The third-order valence-corrected chi connectivity index (χ3v) is 4.95. The van der Waals surface area contributed by atoms with Crippen molar-refractivity contribution >= 4 is 34.1 Å². The largest absolute Gasteiger partial charge is 0.495 e. The van der Waals surface area contributed by atoms with Crippen molar-refractivity contribution in [2.24, 2.45) is 0 Å². The van der Waals surface area contributed by atoms with Crippen molar-refractivity contribution < 1.29 is 4.74 Å². The molecule has 2 heterocycles. The summed E-state index contributed by atoms with van der Waals surface area (Å²) in [6.45, 7) is 4.15. The van der Waals surface area contributed by atoms with Crippen molar-refractivity contribution in [3.63, 3.8) is 0 Å². The summed E-state index contributed by atoms with van der Waals surface area (Å²) in [5.74, 6) is 1.50. The van der Waals surface area contributed by atoms with Gasteiger partial charge in [0.25, 0.3) is 0 Å². The van der Waals surface area contributed by atoms with Gasteiger partial charge in [0.15, 0.2) is 5.65 Å². The number of rotatable bonds is 4. The molecule has 0 amide bonds. The number of aromatic nitrogens is 3. The van der Waals surface area contributed by atoms with Crippen LogP contribution in [0.5, 0.6) is 5.75 Å². The van der Waals surface area contributed by atoms with Crippen molar-refractivity contribution in [2.45, 2.75) is 13.8 Å². The van der Waals surface area contributed by atoms with Gasteiger partial charge in [-0.2, -0.15) is 0 Å². The molecule has 1 N–H and O–H groups in total. The van der Waals surface area contributed by atoms with Crippen molar-refractivity contribution in [3.05, 3.63) is 71.1 Å². The first kappa shape index (κ1) is 17.4. The van der Waals surface area contributed by atoms with Gasteiger partial charge in [-0.3, -0.25) is 4.57 Å². The Bertz CT molecular complexity index is 1140. The molecule has 2 aromatic heterocycles. The van der Waals surface area contributed by atoms with Crippen LogP contribution >= 0.6 is 11.6 Å². The van der Waals surface area contributed by atoms with Crippen molar-refractivity contribution in [3.8, 4) is 11.4 Å². The first-order chi connectivity index (χ1) is 13.1. The average Bonchev–Trinajstić information content (AvgIpc) is 2.94. The molecule has 0 bridgehead atoms. The van der Waals surface area contributed by atoms with Gasteiger partial charge in [0.1, 0.15) is 17.9 Å². The number of halogens is 1. The highest BCUT2D eigenvalue weighted by atomic mass is 35.5. The van der Waals surface area contributed by atoms with Gasteiger partial charge < -0.3 is 10.1 Å². The lowest BCUT2D eigenvalue weighted by atomic mass is 10.2. The summed E-state index contributed by atoms with van der Waals surface area (Å²) >= 11 is 6.20. The lowest BCUT2D eigenvalue weighted by Crippen LogP contribution is -2.00. The van der Waals surface area contributed by atoms with E-state index in [0.29, 0.717) is 5.02 Å². The number of benzene rings is 2. The van der Waals surface area contributed by atoms with Gasteiger partial charge in [-0.1, -0.05) is 29.8 Å². The quantitative estimate of drug-likeness (QED) is 0.513. The standard InChI is InChI=1S/C21H19ClN4O/c1-13-14(2)26(16-8-6-7-15(22)11-16)21-19(13)20(23-12-24-21)25-17-9-4-5-10-18(17)27-3/h4-12H,1-3H3,(H,23,24,25). The number of para-hydroxylation sites is 2. The second-order valence-electron chi connectivity index (χ2n) is 6.27. The van der Waals surface area contributed by atoms with E-state index in [2.05, 4.69) is 33.7 Å². The first-order valence-electron chi connectivity index (χ1n) is 8.58. The maximum absolute atomic E-state index is 6.20. The summed E-state index contributed by atoms with van der Waals surface area (Å²) < 4.78 is 7.55. The van der Waals surface area contributed by atoms with Crippen LogP contribution < -0.4 is 10.1 Å². The predicted octanol–water partition coefficient (Wildman–Crippen LogP) is 5.44. The molecular weight excluding hydrogens is 360 g/mol. The monoisotopic (exact) mass is 378 g/mol. The number of nitrogens with zero attached hydrogens (tertiary/aromatic N) is 3.